The van der Waals surface area contributed by atoms with Gasteiger partial charge in [-0.2, -0.15) is 40.4 Å². The molecule has 0 bridgehead atoms. The van der Waals surface area contributed by atoms with Crippen molar-refractivity contribution in [1.82, 2.24) is 0 Å². The number of nitrogens with two attached hydrogens (primary N) is 2. The molecule has 0 fully saturated rings. The molecular formula is C14H28N2O8S4. The average molecular weight is 481 g/mol. The lowest BCUT2D eigenvalue weighted by atomic mass is 10.2. The fraction of sp³-hybridized carbons (Fsp3) is 0.857. The second-order valence-electron chi connectivity index (χ2n) is 5.81. The van der Waals surface area contributed by atoms with Crippen LogP contribution in [0.25, 0.3) is 0 Å². The van der Waals surface area contributed by atoms with E-state index >= 15 is 0 Å². The summed E-state index contributed by atoms with van der Waals surface area (Å²) < 4.78 is 55.8. The summed E-state index contributed by atoms with van der Waals surface area (Å²) in [7, 11) is -8.35. The first-order valence-corrected chi connectivity index (χ1v) is 14.3. The summed E-state index contributed by atoms with van der Waals surface area (Å²) in [6, 6.07) is -2.09. The van der Waals surface area contributed by atoms with Crippen LogP contribution in [0, 0.1) is 0 Å². The lowest BCUT2D eigenvalue weighted by Gasteiger charge is -2.11. The molecule has 0 aromatic heterocycles. The third-order valence-corrected chi connectivity index (χ3v) is 7.03. The van der Waals surface area contributed by atoms with Crippen LogP contribution in [0.3, 0.4) is 0 Å². The van der Waals surface area contributed by atoms with E-state index in [1.807, 2.05) is 12.5 Å². The Balaban J connectivity index is 4.33. The van der Waals surface area contributed by atoms with Gasteiger partial charge in [0.1, 0.15) is 12.1 Å². The van der Waals surface area contributed by atoms with Crippen molar-refractivity contribution in [2.75, 3.05) is 35.5 Å². The minimum atomic E-state index is -4.18. The molecule has 0 aliphatic carbocycles. The molecule has 0 aliphatic rings. The maximum atomic E-state index is 11.8. The quantitative estimate of drug-likeness (QED) is 0.231. The molecule has 4 N–H and O–H groups in total. The number of unbranched alkanes of at least 4 members (excludes halogenated alkanes) is 1. The molecular weight excluding hydrogens is 452 g/mol. The van der Waals surface area contributed by atoms with Crippen molar-refractivity contribution in [1.29, 1.82) is 0 Å². The van der Waals surface area contributed by atoms with Gasteiger partial charge in [-0.3, -0.25) is 0 Å². The van der Waals surface area contributed by atoms with Gasteiger partial charge in [0, 0.05) is 0 Å². The molecule has 0 saturated heterocycles. The van der Waals surface area contributed by atoms with Gasteiger partial charge in [0.15, 0.2) is 0 Å². The normalized spacial score (nSPS) is 14.3. The van der Waals surface area contributed by atoms with Gasteiger partial charge in [-0.1, -0.05) is 0 Å². The number of rotatable bonds is 15. The lowest BCUT2D eigenvalue weighted by molar-refractivity contribution is -0.136. The molecule has 0 saturated carbocycles. The Bertz CT molecular complexity index is 636. The monoisotopic (exact) mass is 480 g/mol. The zero-order valence-electron chi connectivity index (χ0n) is 15.9. The Morgan fingerprint density at radius 2 is 1.11 bits per heavy atom. The van der Waals surface area contributed by atoms with Crippen LogP contribution in [0.15, 0.2) is 0 Å². The molecule has 0 aromatic carbocycles. The summed E-state index contributed by atoms with van der Waals surface area (Å²) in [4.78, 5) is 23.2. The van der Waals surface area contributed by atoms with Crippen LogP contribution < -0.4 is 11.5 Å². The maximum Gasteiger partial charge on any atom is 0.338 e. The minimum Gasteiger partial charge on any atom is -0.344 e. The largest absolute Gasteiger partial charge is 0.344 e. The van der Waals surface area contributed by atoms with Gasteiger partial charge in [-0.15, -0.1) is 0 Å². The summed E-state index contributed by atoms with van der Waals surface area (Å²) in [5.41, 5.74) is 11.1. The molecule has 10 nitrogen and oxygen atoms in total. The highest BCUT2D eigenvalue weighted by Gasteiger charge is 2.24. The number of thioether (sulfide) groups is 2. The topological polar surface area (TPSA) is 173 Å². The van der Waals surface area contributed by atoms with Gasteiger partial charge in [0.25, 0.3) is 0 Å². The van der Waals surface area contributed by atoms with Gasteiger partial charge < -0.3 is 19.8 Å². The SMILES string of the molecule is CSCC[C@H](N)C(=O)OS(=O)(=O)CCCCS(=O)(=O)OC(=O)[C@@H](N)CCSC. The molecule has 0 radical (unpaired) electrons. The smallest absolute Gasteiger partial charge is 0.338 e. The lowest BCUT2D eigenvalue weighted by Crippen LogP contribution is -2.35. The zero-order valence-corrected chi connectivity index (χ0v) is 19.1. The summed E-state index contributed by atoms with van der Waals surface area (Å²) in [5.74, 6) is -2.07. The van der Waals surface area contributed by atoms with Gasteiger partial charge in [0.2, 0.25) is 0 Å². The molecule has 0 aromatic rings. The van der Waals surface area contributed by atoms with Crippen molar-refractivity contribution in [3.63, 3.8) is 0 Å². The van der Waals surface area contributed by atoms with Crippen molar-refractivity contribution >= 4 is 55.7 Å². The first-order valence-electron chi connectivity index (χ1n) is 8.35. The van der Waals surface area contributed by atoms with Gasteiger partial charge in [-0.25, -0.2) is 9.59 Å². The number of carbonyl (C=O) groups is 2. The Morgan fingerprint density at radius 1 is 0.786 bits per heavy atom. The van der Waals surface area contributed by atoms with E-state index in [4.69, 9.17) is 11.5 Å². The molecule has 0 amide bonds. The number of hydrogen-bond acceptors (Lipinski definition) is 12. The summed E-state index contributed by atoms with van der Waals surface area (Å²) in [6.07, 6.45) is 3.97. The molecule has 0 spiro atoms. The number of hydrogen-bond donors (Lipinski definition) is 2. The van der Waals surface area contributed by atoms with Gasteiger partial charge in [0.05, 0.1) is 11.5 Å². The Kier molecular flexibility index (Phi) is 13.4. The van der Waals surface area contributed by atoms with E-state index in [1.54, 1.807) is 0 Å². The predicted molar refractivity (Wildman–Crippen MR) is 111 cm³/mol. The summed E-state index contributed by atoms with van der Waals surface area (Å²) in [6.45, 7) is 0. The van der Waals surface area contributed by atoms with Crippen LogP contribution in [0.4, 0.5) is 0 Å². The van der Waals surface area contributed by atoms with E-state index in [0.717, 1.165) is 0 Å². The van der Waals surface area contributed by atoms with Crippen molar-refractivity contribution in [3.05, 3.63) is 0 Å². The molecule has 0 rings (SSSR count). The summed E-state index contributed by atoms with van der Waals surface area (Å²) in [5, 5.41) is 0. The molecule has 2 atom stereocenters. The minimum absolute atomic E-state index is 0.106. The first-order chi connectivity index (χ1) is 12.9. The van der Waals surface area contributed by atoms with Crippen LogP contribution in [-0.2, 0) is 38.2 Å². The van der Waals surface area contributed by atoms with Crippen molar-refractivity contribution in [2.45, 2.75) is 37.8 Å². The van der Waals surface area contributed by atoms with E-state index in [2.05, 4.69) is 8.37 Å². The molecule has 0 unspecified atom stereocenters. The van der Waals surface area contributed by atoms with Crippen LogP contribution in [0.1, 0.15) is 25.7 Å². The molecule has 28 heavy (non-hydrogen) atoms. The Labute approximate surface area is 175 Å². The standard InChI is InChI=1S/C14H28N2O8S4/c1-25-7-5-11(15)13(17)23-27(19,20)9-3-4-10-28(21,22)24-14(18)12(16)6-8-26-2/h11-12H,3-10,15-16H2,1-2H3/t11-,12-/m0/s1. The first kappa shape index (κ1) is 27.5. The average Bonchev–Trinajstić information content (AvgIpc) is 2.60. The highest BCUT2D eigenvalue weighted by atomic mass is 32.2. The number of carbonyl (C=O) groups excluding carboxylic acids is 2. The molecule has 0 heterocycles. The fourth-order valence-electron chi connectivity index (χ4n) is 1.74. The maximum absolute atomic E-state index is 11.8. The van der Waals surface area contributed by atoms with Crippen molar-refractivity contribution in [3.8, 4) is 0 Å². The van der Waals surface area contributed by atoms with Crippen molar-refractivity contribution in [2.24, 2.45) is 11.5 Å². The van der Waals surface area contributed by atoms with Crippen molar-refractivity contribution < 1.29 is 34.8 Å². The Morgan fingerprint density at radius 3 is 1.39 bits per heavy atom. The van der Waals surface area contributed by atoms with E-state index in [-0.39, 0.29) is 25.7 Å². The van der Waals surface area contributed by atoms with E-state index in [0.29, 0.717) is 11.5 Å². The molecule has 0 aliphatic heterocycles. The molecule has 14 heteroatoms. The molecule has 166 valence electrons. The van der Waals surface area contributed by atoms with E-state index in [1.165, 1.54) is 23.5 Å². The van der Waals surface area contributed by atoms with E-state index < -0.39 is 55.8 Å². The van der Waals surface area contributed by atoms with Crippen LogP contribution >= 0.6 is 23.5 Å². The second kappa shape index (κ2) is 13.6. The van der Waals surface area contributed by atoms with Gasteiger partial charge in [-0.05, 0) is 49.7 Å². The van der Waals surface area contributed by atoms with Gasteiger partial charge >= 0.3 is 32.2 Å². The third-order valence-electron chi connectivity index (χ3n) is 3.33. The highest BCUT2D eigenvalue weighted by Crippen LogP contribution is 2.08. The highest BCUT2D eigenvalue weighted by molar-refractivity contribution is 7.98. The zero-order chi connectivity index (χ0) is 21.8. The van der Waals surface area contributed by atoms with Crippen LogP contribution in [0.2, 0.25) is 0 Å². The third kappa shape index (κ3) is 12.8. The van der Waals surface area contributed by atoms with Crippen LogP contribution in [0.5, 0.6) is 0 Å². The van der Waals surface area contributed by atoms with Crippen LogP contribution in [-0.4, -0.2) is 76.4 Å². The van der Waals surface area contributed by atoms with E-state index in [9.17, 15) is 26.4 Å². The summed E-state index contributed by atoms with van der Waals surface area (Å²) >= 11 is 2.91. The second-order valence-corrected chi connectivity index (χ2v) is 11.2. The Hall–Kier alpha value is -0.540. The fourth-order valence-corrected chi connectivity index (χ4v) is 4.75. The predicted octanol–water partition coefficient (Wildman–Crippen LogP) is -0.327.